The van der Waals surface area contributed by atoms with E-state index in [-0.39, 0.29) is 11.1 Å². The number of aryl methyl sites for hydroxylation is 1. The molecule has 1 aromatic carbocycles. The lowest BCUT2D eigenvalue weighted by molar-refractivity contribution is -0.138. The topological polar surface area (TPSA) is 23.8 Å². The molecule has 0 atom stereocenters. The van der Waals surface area contributed by atoms with Crippen LogP contribution in [0.2, 0.25) is 0 Å². The molecule has 0 amide bonds. The minimum Gasteiger partial charge on any atom is -0.192 e. The van der Waals surface area contributed by atoms with E-state index in [0.717, 1.165) is 6.07 Å². The number of benzene rings is 1. The quantitative estimate of drug-likeness (QED) is 0.643. The first kappa shape index (κ1) is 13.5. The summed E-state index contributed by atoms with van der Waals surface area (Å²) in [5.41, 5.74) is -0.587. The first-order valence-electron chi connectivity index (χ1n) is 4.53. The summed E-state index contributed by atoms with van der Waals surface area (Å²) in [6.45, 7) is 5.37. The van der Waals surface area contributed by atoms with Gasteiger partial charge in [0.05, 0.1) is 17.2 Å². The summed E-state index contributed by atoms with van der Waals surface area (Å²) in [5, 5.41) is 8.40. The van der Waals surface area contributed by atoms with Crippen LogP contribution in [0.15, 0.2) is 18.2 Å². The standard InChI is InChI=1S/C9H6F3N.C2H6/c1-6-2-3-7(5-13)4-8(6)9(10,11)12;1-2/h2-4H,1H3;1-2H3. The highest BCUT2D eigenvalue weighted by molar-refractivity contribution is 5.38. The second-order valence-electron chi connectivity index (χ2n) is 2.64. The number of nitrogens with zero attached hydrogens (tertiary/aromatic N) is 1. The zero-order valence-electron chi connectivity index (χ0n) is 8.81. The predicted molar refractivity (Wildman–Crippen MR) is 52.2 cm³/mol. The van der Waals surface area contributed by atoms with Crippen molar-refractivity contribution in [3.05, 3.63) is 34.9 Å². The molecule has 4 heteroatoms. The fourth-order valence-electron chi connectivity index (χ4n) is 0.997. The van der Waals surface area contributed by atoms with Gasteiger partial charge in [0.1, 0.15) is 0 Å². The Balaban J connectivity index is 0.000000921. The molecule has 0 fully saturated rings. The maximum atomic E-state index is 12.3. The van der Waals surface area contributed by atoms with Crippen LogP contribution in [0, 0.1) is 18.3 Å². The van der Waals surface area contributed by atoms with Crippen molar-refractivity contribution in [3.63, 3.8) is 0 Å². The van der Waals surface area contributed by atoms with E-state index in [0.29, 0.717) is 0 Å². The second-order valence-corrected chi connectivity index (χ2v) is 2.64. The molecule has 0 aliphatic heterocycles. The van der Waals surface area contributed by atoms with Crippen LogP contribution in [0.25, 0.3) is 0 Å². The summed E-state index contributed by atoms with van der Waals surface area (Å²) in [7, 11) is 0. The lowest BCUT2D eigenvalue weighted by Gasteiger charge is -2.09. The van der Waals surface area contributed by atoms with Gasteiger partial charge >= 0.3 is 6.18 Å². The smallest absolute Gasteiger partial charge is 0.192 e. The fourth-order valence-corrected chi connectivity index (χ4v) is 0.997. The van der Waals surface area contributed by atoms with Crippen molar-refractivity contribution >= 4 is 0 Å². The summed E-state index contributed by atoms with van der Waals surface area (Å²) in [6.07, 6.45) is -4.38. The monoisotopic (exact) mass is 215 g/mol. The maximum Gasteiger partial charge on any atom is 0.416 e. The van der Waals surface area contributed by atoms with E-state index in [9.17, 15) is 13.2 Å². The number of halogens is 3. The molecular formula is C11H12F3N. The molecule has 0 N–H and O–H groups in total. The number of alkyl halides is 3. The third kappa shape index (κ3) is 3.62. The van der Waals surface area contributed by atoms with Crippen LogP contribution >= 0.6 is 0 Å². The highest BCUT2D eigenvalue weighted by atomic mass is 19.4. The Morgan fingerprint density at radius 3 is 2.13 bits per heavy atom. The Hall–Kier alpha value is -1.50. The zero-order valence-corrected chi connectivity index (χ0v) is 8.81. The minimum atomic E-state index is -4.38. The van der Waals surface area contributed by atoms with E-state index in [1.807, 2.05) is 13.8 Å². The summed E-state index contributed by atoms with van der Waals surface area (Å²) in [4.78, 5) is 0. The molecule has 0 aromatic heterocycles. The van der Waals surface area contributed by atoms with Crippen LogP contribution in [0.4, 0.5) is 13.2 Å². The highest BCUT2D eigenvalue weighted by Gasteiger charge is 2.32. The summed E-state index contributed by atoms with van der Waals surface area (Å²) >= 11 is 0. The summed E-state index contributed by atoms with van der Waals surface area (Å²) in [5.74, 6) is 0. The lowest BCUT2D eigenvalue weighted by atomic mass is 10.1. The normalized spacial score (nSPS) is 9.93. The fraction of sp³-hybridized carbons (Fsp3) is 0.364. The molecule has 0 spiro atoms. The Kier molecular flexibility index (Phi) is 4.86. The van der Waals surface area contributed by atoms with E-state index in [2.05, 4.69) is 0 Å². The van der Waals surface area contributed by atoms with Gasteiger partial charge in [-0.1, -0.05) is 19.9 Å². The van der Waals surface area contributed by atoms with Crippen molar-refractivity contribution in [1.29, 1.82) is 5.26 Å². The van der Waals surface area contributed by atoms with Gasteiger partial charge in [0, 0.05) is 0 Å². The van der Waals surface area contributed by atoms with E-state index < -0.39 is 11.7 Å². The second kappa shape index (κ2) is 5.40. The molecule has 15 heavy (non-hydrogen) atoms. The van der Waals surface area contributed by atoms with Gasteiger partial charge in [-0.3, -0.25) is 0 Å². The highest BCUT2D eigenvalue weighted by Crippen LogP contribution is 2.32. The zero-order chi connectivity index (χ0) is 12.1. The van der Waals surface area contributed by atoms with Gasteiger partial charge in [0.25, 0.3) is 0 Å². The van der Waals surface area contributed by atoms with Crippen LogP contribution in [0.5, 0.6) is 0 Å². The van der Waals surface area contributed by atoms with E-state index in [1.54, 1.807) is 6.07 Å². The van der Waals surface area contributed by atoms with Crippen LogP contribution < -0.4 is 0 Å². The van der Waals surface area contributed by atoms with Crippen molar-refractivity contribution in [2.45, 2.75) is 26.9 Å². The predicted octanol–water partition coefficient (Wildman–Crippen LogP) is 3.91. The molecule has 1 nitrogen and oxygen atoms in total. The molecule has 0 heterocycles. The number of hydrogen-bond donors (Lipinski definition) is 0. The maximum absolute atomic E-state index is 12.3. The third-order valence-electron chi connectivity index (χ3n) is 1.67. The van der Waals surface area contributed by atoms with Gasteiger partial charge in [-0.05, 0) is 24.6 Å². The average molecular weight is 215 g/mol. The molecule has 0 saturated carbocycles. The van der Waals surface area contributed by atoms with Crippen molar-refractivity contribution in [2.24, 2.45) is 0 Å². The van der Waals surface area contributed by atoms with Gasteiger partial charge < -0.3 is 0 Å². The first-order valence-corrected chi connectivity index (χ1v) is 4.53. The van der Waals surface area contributed by atoms with E-state index >= 15 is 0 Å². The van der Waals surface area contributed by atoms with Crippen LogP contribution in [0.1, 0.15) is 30.5 Å². The molecule has 1 aromatic rings. The van der Waals surface area contributed by atoms with Gasteiger partial charge in [0.15, 0.2) is 0 Å². The third-order valence-corrected chi connectivity index (χ3v) is 1.67. The van der Waals surface area contributed by atoms with Crippen molar-refractivity contribution in [2.75, 3.05) is 0 Å². The van der Waals surface area contributed by atoms with Gasteiger partial charge in [-0.25, -0.2) is 0 Å². The Morgan fingerprint density at radius 1 is 1.20 bits per heavy atom. The Morgan fingerprint density at radius 2 is 1.73 bits per heavy atom. The average Bonchev–Trinajstić information content (AvgIpc) is 2.20. The Labute approximate surface area is 87.2 Å². The first-order chi connectivity index (χ1) is 6.95. The van der Waals surface area contributed by atoms with E-state index in [4.69, 9.17) is 5.26 Å². The summed E-state index contributed by atoms with van der Waals surface area (Å²) < 4.78 is 36.8. The SMILES string of the molecule is CC.Cc1ccc(C#N)cc1C(F)(F)F. The Bertz CT molecular complexity index is 361. The largest absolute Gasteiger partial charge is 0.416 e. The van der Waals surface area contributed by atoms with E-state index in [1.165, 1.54) is 19.1 Å². The van der Waals surface area contributed by atoms with Crippen LogP contribution in [-0.4, -0.2) is 0 Å². The molecular weight excluding hydrogens is 203 g/mol. The molecule has 0 aliphatic carbocycles. The van der Waals surface area contributed by atoms with Crippen molar-refractivity contribution in [3.8, 4) is 6.07 Å². The molecule has 82 valence electrons. The van der Waals surface area contributed by atoms with Crippen LogP contribution in [-0.2, 0) is 6.18 Å². The van der Waals surface area contributed by atoms with Crippen molar-refractivity contribution < 1.29 is 13.2 Å². The molecule has 0 radical (unpaired) electrons. The molecule has 1 rings (SSSR count). The molecule has 0 bridgehead atoms. The van der Waals surface area contributed by atoms with Crippen LogP contribution in [0.3, 0.4) is 0 Å². The number of rotatable bonds is 0. The van der Waals surface area contributed by atoms with Gasteiger partial charge in [-0.15, -0.1) is 0 Å². The summed E-state index contributed by atoms with van der Waals surface area (Å²) in [6, 6.07) is 5.18. The molecule has 0 unspecified atom stereocenters. The molecule has 0 saturated heterocycles. The lowest BCUT2D eigenvalue weighted by Crippen LogP contribution is -2.07. The van der Waals surface area contributed by atoms with Gasteiger partial charge in [0.2, 0.25) is 0 Å². The minimum absolute atomic E-state index is 0.0259. The van der Waals surface area contributed by atoms with Gasteiger partial charge in [-0.2, -0.15) is 18.4 Å². The number of nitriles is 1. The number of hydrogen-bond acceptors (Lipinski definition) is 1. The molecule has 0 aliphatic rings. The van der Waals surface area contributed by atoms with Crippen molar-refractivity contribution in [1.82, 2.24) is 0 Å².